The Labute approximate surface area is 188 Å². The summed E-state index contributed by atoms with van der Waals surface area (Å²) in [6, 6.07) is 0. The van der Waals surface area contributed by atoms with E-state index < -0.39 is 0 Å². The molecule has 2 heterocycles. The van der Waals surface area contributed by atoms with Crippen molar-refractivity contribution in [1.29, 1.82) is 0 Å². The monoisotopic (exact) mass is 432 g/mol. The van der Waals surface area contributed by atoms with Gasteiger partial charge in [0.25, 0.3) is 0 Å². The molecule has 0 unspecified atom stereocenters. The largest absolute Gasteiger partial charge is 0.393 e. The lowest BCUT2D eigenvalue weighted by Crippen LogP contribution is -2.59. The number of ether oxygens (including phenoxy) is 2. The molecule has 0 radical (unpaired) electrons. The van der Waals surface area contributed by atoms with E-state index in [1.165, 1.54) is 38.5 Å². The summed E-state index contributed by atoms with van der Waals surface area (Å²) in [4.78, 5) is 0. The molecule has 31 heavy (non-hydrogen) atoms. The van der Waals surface area contributed by atoms with E-state index in [-0.39, 0.29) is 23.4 Å². The van der Waals surface area contributed by atoms with Crippen LogP contribution in [0.25, 0.3) is 0 Å². The highest BCUT2D eigenvalue weighted by Gasteiger charge is 2.69. The van der Waals surface area contributed by atoms with Crippen LogP contribution in [0.2, 0.25) is 0 Å². The van der Waals surface area contributed by atoms with Gasteiger partial charge >= 0.3 is 0 Å². The van der Waals surface area contributed by atoms with Gasteiger partial charge in [0, 0.05) is 12.3 Å². The van der Waals surface area contributed by atoms with E-state index in [1.54, 1.807) is 0 Å². The fourth-order valence-electron chi connectivity index (χ4n) is 10.3. The lowest BCUT2D eigenvalue weighted by molar-refractivity contribution is -0.273. The fraction of sp³-hybridized carbons (Fsp3) is 1.00. The zero-order valence-electron chi connectivity index (χ0n) is 20.1. The molecule has 6 aliphatic rings. The maximum absolute atomic E-state index is 11.2. The van der Waals surface area contributed by atoms with Crippen LogP contribution in [-0.4, -0.2) is 40.9 Å². The molecular weight excluding hydrogens is 388 g/mol. The average Bonchev–Trinajstić information content (AvgIpc) is 3.16. The third kappa shape index (κ3) is 2.74. The minimum atomic E-state index is -0.351. The predicted molar refractivity (Wildman–Crippen MR) is 119 cm³/mol. The van der Waals surface area contributed by atoms with Crippen LogP contribution < -0.4 is 0 Å². The fourth-order valence-corrected chi connectivity index (χ4v) is 10.3. The van der Waals surface area contributed by atoms with Gasteiger partial charge in [-0.25, -0.2) is 0 Å². The molecule has 13 atom stereocenters. The van der Waals surface area contributed by atoms with Gasteiger partial charge in [-0.1, -0.05) is 27.7 Å². The lowest BCUT2D eigenvalue weighted by Gasteiger charge is -2.62. The molecule has 4 aliphatic carbocycles. The number of hydrogen-bond acceptors (Lipinski definition) is 4. The molecule has 0 aromatic rings. The van der Waals surface area contributed by atoms with Crippen molar-refractivity contribution in [3.05, 3.63) is 0 Å². The van der Waals surface area contributed by atoms with Crippen molar-refractivity contribution in [2.45, 2.75) is 110 Å². The van der Waals surface area contributed by atoms with Crippen molar-refractivity contribution in [1.82, 2.24) is 0 Å². The van der Waals surface area contributed by atoms with E-state index >= 15 is 0 Å². The zero-order valence-corrected chi connectivity index (χ0v) is 20.1. The molecule has 6 fully saturated rings. The molecule has 0 aromatic carbocycles. The van der Waals surface area contributed by atoms with E-state index in [0.717, 1.165) is 19.4 Å². The third-order valence-electron chi connectivity index (χ3n) is 12.0. The first-order chi connectivity index (χ1) is 14.7. The summed E-state index contributed by atoms with van der Waals surface area (Å²) in [6.45, 7) is 10.5. The molecule has 0 aromatic heterocycles. The Morgan fingerprint density at radius 1 is 0.871 bits per heavy atom. The lowest BCUT2D eigenvalue weighted by atomic mass is 9.43. The summed E-state index contributed by atoms with van der Waals surface area (Å²) >= 11 is 0. The van der Waals surface area contributed by atoms with E-state index in [0.29, 0.717) is 59.4 Å². The van der Waals surface area contributed by atoms with E-state index in [1.807, 2.05) is 0 Å². The van der Waals surface area contributed by atoms with Crippen LogP contribution in [0.4, 0.5) is 0 Å². The first-order valence-corrected chi connectivity index (χ1v) is 13.4. The summed E-state index contributed by atoms with van der Waals surface area (Å²) in [5.74, 6) is 3.89. The van der Waals surface area contributed by atoms with Crippen LogP contribution in [0.15, 0.2) is 0 Å². The van der Waals surface area contributed by atoms with Gasteiger partial charge in [-0.2, -0.15) is 0 Å². The van der Waals surface area contributed by atoms with Gasteiger partial charge in [0.2, 0.25) is 0 Å². The van der Waals surface area contributed by atoms with Gasteiger partial charge in [0.05, 0.1) is 24.9 Å². The molecule has 0 amide bonds. The van der Waals surface area contributed by atoms with Gasteiger partial charge < -0.3 is 19.7 Å². The Bertz CT molecular complexity index is 716. The highest BCUT2D eigenvalue weighted by Crippen LogP contribution is 2.71. The molecule has 4 nitrogen and oxygen atoms in total. The van der Waals surface area contributed by atoms with Crippen LogP contribution in [-0.2, 0) is 9.47 Å². The molecular formula is C27H44O4. The molecule has 4 saturated carbocycles. The summed E-state index contributed by atoms with van der Waals surface area (Å²) in [6.07, 6.45) is 9.56. The van der Waals surface area contributed by atoms with Crippen molar-refractivity contribution in [2.24, 2.45) is 52.3 Å². The molecule has 2 aliphatic heterocycles. The zero-order chi connectivity index (χ0) is 21.8. The van der Waals surface area contributed by atoms with Gasteiger partial charge in [0.15, 0.2) is 5.79 Å². The smallest absolute Gasteiger partial charge is 0.171 e. The topological polar surface area (TPSA) is 58.9 Å². The first kappa shape index (κ1) is 21.4. The van der Waals surface area contributed by atoms with Crippen LogP contribution in [0.1, 0.15) is 85.5 Å². The third-order valence-corrected chi connectivity index (χ3v) is 12.0. The normalized spacial score (nSPS) is 63.3. The van der Waals surface area contributed by atoms with Crippen molar-refractivity contribution < 1.29 is 19.7 Å². The second-order valence-corrected chi connectivity index (χ2v) is 13.2. The highest BCUT2D eigenvalue weighted by molar-refractivity contribution is 5.16. The number of fused-ring (bicyclic) bond motifs is 7. The van der Waals surface area contributed by atoms with Crippen LogP contribution >= 0.6 is 0 Å². The Hall–Kier alpha value is -0.160. The molecule has 4 heteroatoms. The maximum Gasteiger partial charge on any atom is 0.171 e. The van der Waals surface area contributed by atoms with Crippen molar-refractivity contribution in [3.63, 3.8) is 0 Å². The second kappa shape index (κ2) is 6.93. The molecule has 6 rings (SSSR count). The SMILES string of the molecule is C[C@@H]1CC[C@@]2(OC1)O[C@H]1C[C@H]3[C@@H]4CC[C@H]5C[C@H](O)C[C@H](O)[C@@]5(C)[C@H]4CC[C@]3(C)[C@H]1[C@@H]2C. The van der Waals surface area contributed by atoms with E-state index in [4.69, 9.17) is 9.47 Å². The second-order valence-electron chi connectivity index (χ2n) is 13.2. The van der Waals surface area contributed by atoms with Crippen LogP contribution in [0, 0.1) is 52.3 Å². The molecule has 2 N–H and O–H groups in total. The average molecular weight is 433 g/mol. The summed E-state index contributed by atoms with van der Waals surface area (Å²) < 4.78 is 13.3. The van der Waals surface area contributed by atoms with Crippen molar-refractivity contribution in [3.8, 4) is 0 Å². The molecule has 2 saturated heterocycles. The van der Waals surface area contributed by atoms with Gasteiger partial charge in [-0.05, 0) is 97.7 Å². The summed E-state index contributed by atoms with van der Waals surface area (Å²) in [5, 5.41) is 21.5. The highest BCUT2D eigenvalue weighted by atomic mass is 16.7. The maximum atomic E-state index is 11.2. The van der Waals surface area contributed by atoms with E-state index in [2.05, 4.69) is 27.7 Å². The number of rotatable bonds is 0. The standard InChI is InChI=1S/C27H44O4/c1-15-7-10-27(30-14-15)16(2)24-22(31-27)13-21-19-6-5-17-11-18(28)12-23(29)26(17,4)20(19)8-9-25(21,24)3/h15-24,28-29H,5-14H2,1-4H3/t15-,16+,17+,18+,19-,20+,21+,22+,23+,24+,25+,26-,27-/m1/s1. The van der Waals surface area contributed by atoms with Crippen LogP contribution in [0.3, 0.4) is 0 Å². The van der Waals surface area contributed by atoms with Crippen molar-refractivity contribution >= 4 is 0 Å². The minimum Gasteiger partial charge on any atom is -0.393 e. The van der Waals surface area contributed by atoms with Crippen molar-refractivity contribution in [2.75, 3.05) is 6.61 Å². The number of hydrogen-bond donors (Lipinski definition) is 2. The predicted octanol–water partition coefficient (Wildman–Crippen LogP) is 4.76. The van der Waals surface area contributed by atoms with Gasteiger partial charge in [-0.3, -0.25) is 0 Å². The summed E-state index contributed by atoms with van der Waals surface area (Å²) in [7, 11) is 0. The van der Waals surface area contributed by atoms with Gasteiger partial charge in [0.1, 0.15) is 0 Å². The van der Waals surface area contributed by atoms with Gasteiger partial charge in [-0.15, -0.1) is 0 Å². The van der Waals surface area contributed by atoms with Crippen LogP contribution in [0.5, 0.6) is 0 Å². The molecule has 176 valence electrons. The Morgan fingerprint density at radius 3 is 2.42 bits per heavy atom. The quantitative estimate of drug-likeness (QED) is 0.579. The number of aliphatic hydroxyl groups is 2. The number of aliphatic hydroxyl groups excluding tert-OH is 2. The summed E-state index contributed by atoms with van der Waals surface area (Å²) in [5.41, 5.74) is 0.320. The Kier molecular flexibility index (Phi) is 4.78. The Balaban J connectivity index is 1.27. The first-order valence-electron chi connectivity index (χ1n) is 13.4. The molecule has 1 spiro atoms. The molecule has 0 bridgehead atoms. The van der Waals surface area contributed by atoms with E-state index in [9.17, 15) is 10.2 Å². The minimum absolute atomic E-state index is 0.0164. The Morgan fingerprint density at radius 2 is 1.68 bits per heavy atom.